The Balaban J connectivity index is 2.87. The van der Waals surface area contributed by atoms with Gasteiger partial charge in [-0.3, -0.25) is 4.79 Å². The topological polar surface area (TPSA) is 23.6 Å². The van der Waals surface area contributed by atoms with Gasteiger partial charge in [-0.05, 0) is 32.9 Å². The van der Waals surface area contributed by atoms with Crippen molar-refractivity contribution >= 4 is 40.1 Å². The molecule has 0 heterocycles. The summed E-state index contributed by atoms with van der Waals surface area (Å²) in [6.45, 7) is 9.39. The summed E-state index contributed by atoms with van der Waals surface area (Å²) in [5.74, 6) is -0.0247. The third-order valence-corrected chi connectivity index (χ3v) is 4.29. The van der Waals surface area contributed by atoms with Gasteiger partial charge >= 0.3 is 0 Å². The number of aryl methyl sites for hydroxylation is 1. The first kappa shape index (κ1) is 16.0. The molecule has 0 unspecified atom stereocenters. The Morgan fingerprint density at radius 1 is 1.21 bits per heavy atom. The van der Waals surface area contributed by atoms with Crippen LogP contribution in [0, 0.1) is 6.92 Å². The lowest BCUT2D eigenvalue weighted by Crippen LogP contribution is -2.32. The molecule has 0 spiro atoms. The maximum Gasteiger partial charge on any atom is 0.234 e. The smallest absolute Gasteiger partial charge is 0.234 e. The highest BCUT2D eigenvalue weighted by Crippen LogP contribution is 2.25. The standard InChI is InChI=1S/C14H20N2OS2/c1-5-15(6-2)14(18)19-16(12(4)17)13-9-7-11(3)8-10-13/h7-10H,5-6H2,1-4H3. The molecule has 1 rings (SSSR count). The third-order valence-electron chi connectivity index (χ3n) is 2.75. The van der Waals surface area contributed by atoms with Gasteiger partial charge in [-0.25, -0.2) is 4.31 Å². The highest BCUT2D eigenvalue weighted by molar-refractivity contribution is 8.24. The predicted octanol–water partition coefficient (Wildman–Crippen LogP) is 3.62. The maximum atomic E-state index is 11.8. The molecule has 5 heteroatoms. The number of anilines is 1. The molecule has 0 aliphatic heterocycles. The second kappa shape index (κ2) is 7.50. The van der Waals surface area contributed by atoms with Crippen LogP contribution in [0.5, 0.6) is 0 Å². The first-order valence-electron chi connectivity index (χ1n) is 6.33. The van der Waals surface area contributed by atoms with Crippen molar-refractivity contribution in [3.05, 3.63) is 29.8 Å². The Morgan fingerprint density at radius 2 is 1.74 bits per heavy atom. The lowest BCUT2D eigenvalue weighted by atomic mass is 10.2. The van der Waals surface area contributed by atoms with E-state index in [2.05, 4.69) is 18.7 Å². The summed E-state index contributed by atoms with van der Waals surface area (Å²) in [4.78, 5) is 13.9. The fourth-order valence-electron chi connectivity index (χ4n) is 1.60. The van der Waals surface area contributed by atoms with Crippen LogP contribution in [0.4, 0.5) is 5.69 Å². The second-order valence-corrected chi connectivity index (χ2v) is 5.76. The van der Waals surface area contributed by atoms with Crippen molar-refractivity contribution < 1.29 is 4.79 Å². The molecule has 0 bridgehead atoms. The Kier molecular flexibility index (Phi) is 6.31. The summed E-state index contributed by atoms with van der Waals surface area (Å²) in [5.41, 5.74) is 2.03. The summed E-state index contributed by atoms with van der Waals surface area (Å²) < 4.78 is 2.36. The molecule has 1 aromatic rings. The summed E-state index contributed by atoms with van der Waals surface area (Å²) >= 11 is 6.70. The van der Waals surface area contributed by atoms with Crippen LogP contribution in [0.2, 0.25) is 0 Å². The lowest BCUT2D eigenvalue weighted by Gasteiger charge is -2.26. The van der Waals surface area contributed by atoms with E-state index in [1.807, 2.05) is 31.2 Å². The molecule has 19 heavy (non-hydrogen) atoms. The van der Waals surface area contributed by atoms with Gasteiger partial charge in [0, 0.05) is 32.0 Å². The minimum absolute atomic E-state index is 0.0247. The van der Waals surface area contributed by atoms with E-state index in [0.29, 0.717) is 0 Å². The van der Waals surface area contributed by atoms with Crippen LogP contribution in [0.25, 0.3) is 0 Å². The summed E-state index contributed by atoms with van der Waals surface area (Å²) in [6, 6.07) is 7.86. The molecule has 104 valence electrons. The zero-order valence-electron chi connectivity index (χ0n) is 11.8. The third kappa shape index (κ3) is 4.51. The number of thiocarbonyl (C=S) groups is 1. The highest BCUT2D eigenvalue weighted by Gasteiger charge is 2.17. The van der Waals surface area contributed by atoms with Gasteiger partial charge in [0.1, 0.15) is 0 Å². The Hall–Kier alpha value is -1.07. The van der Waals surface area contributed by atoms with Gasteiger partial charge in [0.25, 0.3) is 0 Å². The molecule has 1 amide bonds. The van der Waals surface area contributed by atoms with Gasteiger partial charge in [0.15, 0.2) is 4.32 Å². The second-order valence-electron chi connectivity index (χ2n) is 4.18. The van der Waals surface area contributed by atoms with Gasteiger partial charge in [-0.15, -0.1) is 0 Å². The fourth-order valence-corrected chi connectivity index (χ4v) is 2.96. The molecular weight excluding hydrogens is 276 g/mol. The maximum absolute atomic E-state index is 11.8. The van der Waals surface area contributed by atoms with Crippen LogP contribution < -0.4 is 4.31 Å². The van der Waals surface area contributed by atoms with Crippen LogP contribution >= 0.6 is 24.2 Å². The molecule has 0 radical (unpaired) electrons. The Bertz CT molecular complexity index is 441. The van der Waals surface area contributed by atoms with E-state index in [1.165, 1.54) is 17.5 Å². The van der Waals surface area contributed by atoms with Crippen molar-refractivity contribution in [1.29, 1.82) is 0 Å². The van der Waals surface area contributed by atoms with E-state index in [-0.39, 0.29) is 5.91 Å². The molecule has 0 saturated heterocycles. The quantitative estimate of drug-likeness (QED) is 0.628. The van der Waals surface area contributed by atoms with Crippen molar-refractivity contribution in [1.82, 2.24) is 4.90 Å². The number of hydrogen-bond acceptors (Lipinski definition) is 3. The van der Waals surface area contributed by atoms with Gasteiger partial charge in [-0.1, -0.05) is 29.9 Å². The van der Waals surface area contributed by atoms with E-state index in [0.717, 1.165) is 23.1 Å². The molecule has 3 nitrogen and oxygen atoms in total. The highest BCUT2D eigenvalue weighted by atomic mass is 32.2. The van der Waals surface area contributed by atoms with Crippen molar-refractivity contribution in [2.24, 2.45) is 0 Å². The number of benzene rings is 1. The number of carbonyl (C=O) groups is 1. The predicted molar refractivity (Wildman–Crippen MR) is 87.4 cm³/mol. The average molecular weight is 296 g/mol. The van der Waals surface area contributed by atoms with Gasteiger partial charge in [-0.2, -0.15) is 0 Å². The van der Waals surface area contributed by atoms with Crippen LogP contribution in [0.15, 0.2) is 24.3 Å². The molecule has 0 aliphatic carbocycles. The zero-order valence-corrected chi connectivity index (χ0v) is 13.5. The van der Waals surface area contributed by atoms with Crippen LogP contribution in [0.1, 0.15) is 26.3 Å². The van der Waals surface area contributed by atoms with E-state index in [1.54, 1.807) is 11.2 Å². The lowest BCUT2D eigenvalue weighted by molar-refractivity contribution is -0.115. The summed E-state index contributed by atoms with van der Waals surface area (Å²) in [7, 11) is 0. The Labute approximate surface area is 125 Å². The molecule has 0 fully saturated rings. The zero-order chi connectivity index (χ0) is 14.4. The first-order valence-corrected chi connectivity index (χ1v) is 7.52. The number of hydrogen-bond donors (Lipinski definition) is 0. The molecular formula is C14H20N2OS2. The van der Waals surface area contributed by atoms with Crippen molar-refractivity contribution in [3.63, 3.8) is 0 Å². The minimum atomic E-state index is -0.0247. The van der Waals surface area contributed by atoms with Gasteiger partial charge in [0.05, 0.1) is 5.69 Å². The normalized spacial score (nSPS) is 10.1. The van der Waals surface area contributed by atoms with Crippen molar-refractivity contribution in [3.8, 4) is 0 Å². The van der Waals surface area contributed by atoms with Crippen molar-refractivity contribution in [2.45, 2.75) is 27.7 Å². The average Bonchev–Trinajstić information content (AvgIpc) is 2.38. The van der Waals surface area contributed by atoms with Gasteiger partial charge in [0.2, 0.25) is 5.91 Å². The number of rotatable bonds is 3. The minimum Gasteiger partial charge on any atom is -0.357 e. The summed E-state index contributed by atoms with van der Waals surface area (Å²) in [5, 5.41) is 0. The monoisotopic (exact) mass is 296 g/mol. The Morgan fingerprint density at radius 3 is 2.16 bits per heavy atom. The van der Waals surface area contributed by atoms with Gasteiger partial charge < -0.3 is 4.90 Å². The molecule has 0 aliphatic rings. The van der Waals surface area contributed by atoms with Crippen LogP contribution in [-0.2, 0) is 4.79 Å². The molecule has 0 atom stereocenters. The molecule has 0 aromatic heterocycles. The van der Waals surface area contributed by atoms with Crippen LogP contribution in [0.3, 0.4) is 0 Å². The number of nitrogens with zero attached hydrogens (tertiary/aromatic N) is 2. The van der Waals surface area contributed by atoms with E-state index >= 15 is 0 Å². The van der Waals surface area contributed by atoms with Crippen LogP contribution in [-0.4, -0.2) is 28.2 Å². The van der Waals surface area contributed by atoms with E-state index < -0.39 is 0 Å². The molecule has 1 aromatic carbocycles. The first-order chi connectivity index (χ1) is 8.99. The largest absolute Gasteiger partial charge is 0.357 e. The number of amides is 1. The fraction of sp³-hybridized carbons (Fsp3) is 0.429. The number of carbonyl (C=O) groups excluding carboxylic acids is 1. The molecule has 0 N–H and O–H groups in total. The van der Waals surface area contributed by atoms with Crippen molar-refractivity contribution in [2.75, 3.05) is 17.4 Å². The molecule has 0 saturated carbocycles. The SMILES string of the molecule is CCN(CC)C(=S)SN(C(C)=O)c1ccc(C)cc1. The van der Waals surface area contributed by atoms with E-state index in [9.17, 15) is 4.79 Å². The van der Waals surface area contributed by atoms with E-state index in [4.69, 9.17) is 12.2 Å². The summed E-state index contributed by atoms with van der Waals surface area (Å²) in [6.07, 6.45) is 0.